The molecule has 4 nitrogen and oxygen atoms in total. The van der Waals surface area contributed by atoms with Gasteiger partial charge in [-0.2, -0.15) is 0 Å². The lowest BCUT2D eigenvalue weighted by Crippen LogP contribution is -2.61. The number of rotatable bonds is 2. The highest BCUT2D eigenvalue weighted by Crippen LogP contribution is 2.39. The van der Waals surface area contributed by atoms with Crippen molar-refractivity contribution in [3.8, 4) is 0 Å². The summed E-state index contributed by atoms with van der Waals surface area (Å²) in [6, 6.07) is 0. The van der Waals surface area contributed by atoms with E-state index in [1.165, 1.54) is 0 Å². The molecule has 3 rings (SSSR count). The fourth-order valence-electron chi connectivity index (χ4n) is 1.48. The minimum Gasteiger partial charge on any atom is -0.396 e. The summed E-state index contributed by atoms with van der Waals surface area (Å²) in [5, 5.41) is 9.08. The van der Waals surface area contributed by atoms with Gasteiger partial charge in [0, 0.05) is 6.42 Å². The summed E-state index contributed by atoms with van der Waals surface area (Å²) >= 11 is 0. The van der Waals surface area contributed by atoms with E-state index in [0.717, 1.165) is 0 Å². The Labute approximate surface area is 71.4 Å². The van der Waals surface area contributed by atoms with Crippen LogP contribution in [0.4, 0.5) is 0 Å². The van der Waals surface area contributed by atoms with Gasteiger partial charge in [-0.1, -0.05) is 6.92 Å². The standard InChI is InChI=1S/C8H14O4/c1-2-8-10-4-7(3-9,5-11-8)6-12-8/h9H,2-6H2,1H3. The lowest BCUT2D eigenvalue weighted by atomic mass is 9.90. The monoisotopic (exact) mass is 174 g/mol. The third kappa shape index (κ3) is 1.07. The van der Waals surface area contributed by atoms with E-state index in [1.807, 2.05) is 6.92 Å². The Morgan fingerprint density at radius 2 is 1.67 bits per heavy atom. The van der Waals surface area contributed by atoms with Crippen molar-refractivity contribution >= 4 is 0 Å². The molecule has 3 fully saturated rings. The molecule has 3 aliphatic heterocycles. The molecule has 0 aromatic rings. The van der Waals surface area contributed by atoms with Gasteiger partial charge >= 0.3 is 0 Å². The number of aliphatic hydroxyl groups is 1. The van der Waals surface area contributed by atoms with Gasteiger partial charge in [0.2, 0.25) is 0 Å². The number of ether oxygens (including phenoxy) is 3. The van der Waals surface area contributed by atoms with Gasteiger partial charge in [0.1, 0.15) is 0 Å². The second-order valence-electron chi connectivity index (χ2n) is 3.56. The van der Waals surface area contributed by atoms with E-state index in [9.17, 15) is 0 Å². The van der Waals surface area contributed by atoms with Crippen LogP contribution in [0.25, 0.3) is 0 Å². The van der Waals surface area contributed by atoms with Crippen LogP contribution >= 0.6 is 0 Å². The van der Waals surface area contributed by atoms with Crippen LogP contribution in [0.3, 0.4) is 0 Å². The zero-order valence-corrected chi connectivity index (χ0v) is 7.21. The summed E-state index contributed by atoms with van der Waals surface area (Å²) in [6.07, 6.45) is 0.689. The first-order valence-electron chi connectivity index (χ1n) is 4.27. The Hall–Kier alpha value is -0.160. The van der Waals surface area contributed by atoms with Crippen LogP contribution in [-0.2, 0) is 14.2 Å². The Bertz CT molecular complexity index is 135. The SMILES string of the molecule is CCC12OCC(CO)(CO1)CO2. The van der Waals surface area contributed by atoms with Gasteiger partial charge in [-0.25, -0.2) is 0 Å². The molecule has 70 valence electrons. The van der Waals surface area contributed by atoms with Crippen LogP contribution < -0.4 is 0 Å². The summed E-state index contributed by atoms with van der Waals surface area (Å²) in [7, 11) is 0. The molecule has 0 unspecified atom stereocenters. The molecular weight excluding hydrogens is 160 g/mol. The third-order valence-electron chi connectivity index (χ3n) is 2.56. The van der Waals surface area contributed by atoms with E-state index in [1.54, 1.807) is 0 Å². The molecule has 1 N–H and O–H groups in total. The maximum Gasteiger partial charge on any atom is 0.282 e. The molecule has 0 saturated carbocycles. The first-order chi connectivity index (χ1) is 5.74. The molecule has 0 radical (unpaired) electrons. The molecule has 0 amide bonds. The van der Waals surface area contributed by atoms with Crippen molar-refractivity contribution in [1.29, 1.82) is 0 Å². The topological polar surface area (TPSA) is 47.9 Å². The molecule has 3 aliphatic rings. The van der Waals surface area contributed by atoms with E-state index in [2.05, 4.69) is 0 Å². The predicted molar refractivity (Wildman–Crippen MR) is 40.4 cm³/mol. The minimum atomic E-state index is -0.809. The molecule has 4 heteroatoms. The highest BCUT2D eigenvalue weighted by atomic mass is 16.9. The van der Waals surface area contributed by atoms with E-state index >= 15 is 0 Å². The van der Waals surface area contributed by atoms with Crippen LogP contribution in [0.15, 0.2) is 0 Å². The molecule has 3 heterocycles. The maximum atomic E-state index is 9.08. The summed E-state index contributed by atoms with van der Waals surface area (Å²) in [4.78, 5) is 0. The van der Waals surface area contributed by atoms with Crippen molar-refractivity contribution in [3.63, 3.8) is 0 Å². The van der Waals surface area contributed by atoms with Gasteiger partial charge in [0.15, 0.2) is 0 Å². The van der Waals surface area contributed by atoms with Crippen molar-refractivity contribution in [2.75, 3.05) is 26.4 Å². The van der Waals surface area contributed by atoms with Crippen LogP contribution in [0.5, 0.6) is 0 Å². The van der Waals surface area contributed by atoms with E-state index in [-0.39, 0.29) is 12.0 Å². The second kappa shape index (κ2) is 2.67. The number of hydrogen-bond donors (Lipinski definition) is 1. The van der Waals surface area contributed by atoms with Crippen molar-refractivity contribution in [3.05, 3.63) is 0 Å². The molecule has 0 aromatic heterocycles. The zero-order chi connectivity index (χ0) is 8.66. The van der Waals surface area contributed by atoms with E-state index < -0.39 is 5.97 Å². The lowest BCUT2D eigenvalue weighted by Gasteiger charge is -2.50. The number of fused-ring (bicyclic) bond motifs is 3. The molecule has 0 aromatic carbocycles. The average Bonchev–Trinajstić information content (AvgIpc) is 2.21. The van der Waals surface area contributed by atoms with Gasteiger partial charge in [0.05, 0.1) is 31.8 Å². The molecule has 3 saturated heterocycles. The van der Waals surface area contributed by atoms with Crippen LogP contribution in [-0.4, -0.2) is 37.5 Å². The summed E-state index contributed by atoms with van der Waals surface area (Å²) in [5.74, 6) is -0.809. The molecule has 2 bridgehead atoms. The Balaban J connectivity index is 2.09. The van der Waals surface area contributed by atoms with Gasteiger partial charge < -0.3 is 19.3 Å². The van der Waals surface area contributed by atoms with Crippen molar-refractivity contribution in [2.24, 2.45) is 5.41 Å². The Morgan fingerprint density at radius 1 is 1.17 bits per heavy atom. The highest BCUT2D eigenvalue weighted by molar-refractivity contribution is 4.87. The van der Waals surface area contributed by atoms with E-state index in [0.29, 0.717) is 26.2 Å². The smallest absolute Gasteiger partial charge is 0.282 e. The molecule has 0 atom stereocenters. The number of hydrogen-bond acceptors (Lipinski definition) is 4. The largest absolute Gasteiger partial charge is 0.396 e. The fraction of sp³-hybridized carbons (Fsp3) is 1.00. The summed E-state index contributed by atoms with van der Waals surface area (Å²) in [5.41, 5.74) is -0.309. The van der Waals surface area contributed by atoms with Crippen LogP contribution in [0.2, 0.25) is 0 Å². The third-order valence-corrected chi connectivity index (χ3v) is 2.56. The van der Waals surface area contributed by atoms with Crippen molar-refractivity contribution in [2.45, 2.75) is 19.3 Å². The fourth-order valence-corrected chi connectivity index (χ4v) is 1.48. The first kappa shape index (κ1) is 8.44. The lowest BCUT2D eigenvalue weighted by molar-refractivity contribution is -0.470. The van der Waals surface area contributed by atoms with Gasteiger partial charge in [-0.15, -0.1) is 0 Å². The molecule has 0 spiro atoms. The zero-order valence-electron chi connectivity index (χ0n) is 7.21. The Morgan fingerprint density at radius 3 is 2.00 bits per heavy atom. The second-order valence-corrected chi connectivity index (χ2v) is 3.56. The Kier molecular flexibility index (Phi) is 1.88. The highest BCUT2D eigenvalue weighted by Gasteiger charge is 2.51. The average molecular weight is 174 g/mol. The van der Waals surface area contributed by atoms with Crippen molar-refractivity contribution < 1.29 is 19.3 Å². The summed E-state index contributed by atoms with van der Waals surface area (Å²) < 4.78 is 16.2. The number of aliphatic hydroxyl groups excluding tert-OH is 1. The summed E-state index contributed by atoms with van der Waals surface area (Å²) in [6.45, 7) is 3.64. The van der Waals surface area contributed by atoms with Crippen molar-refractivity contribution in [1.82, 2.24) is 0 Å². The maximum absolute atomic E-state index is 9.08. The quantitative estimate of drug-likeness (QED) is 0.645. The molecular formula is C8H14O4. The molecule has 12 heavy (non-hydrogen) atoms. The van der Waals surface area contributed by atoms with Gasteiger partial charge in [-0.05, 0) is 0 Å². The van der Waals surface area contributed by atoms with Gasteiger partial charge in [-0.3, -0.25) is 0 Å². The van der Waals surface area contributed by atoms with Gasteiger partial charge in [0.25, 0.3) is 5.97 Å². The minimum absolute atomic E-state index is 0.0623. The van der Waals surface area contributed by atoms with E-state index in [4.69, 9.17) is 19.3 Å². The predicted octanol–water partition coefficient (Wildman–Crippen LogP) is 0.106. The molecule has 0 aliphatic carbocycles. The normalized spacial score (nSPS) is 46.5. The van der Waals surface area contributed by atoms with Crippen LogP contribution in [0.1, 0.15) is 13.3 Å². The van der Waals surface area contributed by atoms with Crippen LogP contribution in [0, 0.1) is 5.41 Å². The first-order valence-corrected chi connectivity index (χ1v) is 4.27.